The molecule has 1 aliphatic heterocycles. The second kappa shape index (κ2) is 11.1. The van der Waals surface area contributed by atoms with Crippen molar-refractivity contribution in [3.8, 4) is 0 Å². The van der Waals surface area contributed by atoms with Crippen molar-refractivity contribution >= 4 is 47.2 Å². The SMILES string of the molecule is Cl.Cl.NCCCC(=O)NCCc1csc(N2CCCC2)n1. The van der Waals surface area contributed by atoms with Crippen LogP contribution in [0.4, 0.5) is 5.13 Å². The Bertz CT molecular complexity index is 411. The van der Waals surface area contributed by atoms with E-state index in [0.717, 1.165) is 36.8 Å². The molecule has 0 spiro atoms. The zero-order valence-electron chi connectivity index (χ0n) is 12.0. The van der Waals surface area contributed by atoms with E-state index >= 15 is 0 Å². The molecule has 0 bridgehead atoms. The maximum absolute atomic E-state index is 11.4. The summed E-state index contributed by atoms with van der Waals surface area (Å²) < 4.78 is 0. The van der Waals surface area contributed by atoms with E-state index in [9.17, 15) is 4.79 Å². The van der Waals surface area contributed by atoms with E-state index in [1.807, 2.05) is 0 Å². The van der Waals surface area contributed by atoms with Crippen LogP contribution in [-0.4, -0.2) is 37.1 Å². The molecule has 1 fully saturated rings. The first kappa shape index (κ1) is 20.4. The molecule has 3 N–H and O–H groups in total. The fraction of sp³-hybridized carbons (Fsp3) is 0.692. The first-order valence-electron chi connectivity index (χ1n) is 6.95. The summed E-state index contributed by atoms with van der Waals surface area (Å²) in [5.74, 6) is 0.0837. The lowest BCUT2D eigenvalue weighted by molar-refractivity contribution is -0.121. The van der Waals surface area contributed by atoms with E-state index in [4.69, 9.17) is 5.73 Å². The van der Waals surface area contributed by atoms with Crippen molar-refractivity contribution in [1.82, 2.24) is 10.3 Å². The Kier molecular flexibility index (Phi) is 10.8. The minimum atomic E-state index is 0. The van der Waals surface area contributed by atoms with E-state index in [1.54, 1.807) is 11.3 Å². The van der Waals surface area contributed by atoms with E-state index in [2.05, 4.69) is 20.6 Å². The summed E-state index contributed by atoms with van der Waals surface area (Å²) in [6.45, 7) is 3.48. The van der Waals surface area contributed by atoms with Crippen molar-refractivity contribution in [1.29, 1.82) is 0 Å². The number of carbonyl (C=O) groups is 1. The molecule has 0 atom stereocenters. The fourth-order valence-corrected chi connectivity index (χ4v) is 3.06. The molecule has 0 aromatic carbocycles. The highest BCUT2D eigenvalue weighted by Gasteiger charge is 2.15. The van der Waals surface area contributed by atoms with Gasteiger partial charge in [0.05, 0.1) is 5.69 Å². The molecule has 8 heteroatoms. The van der Waals surface area contributed by atoms with Crippen LogP contribution in [0.2, 0.25) is 0 Å². The number of nitrogens with one attached hydrogen (secondary N) is 1. The average molecular weight is 355 g/mol. The quantitative estimate of drug-likeness (QED) is 0.785. The van der Waals surface area contributed by atoms with Gasteiger partial charge in [0.1, 0.15) is 0 Å². The largest absolute Gasteiger partial charge is 0.356 e. The summed E-state index contributed by atoms with van der Waals surface area (Å²) in [4.78, 5) is 18.4. The van der Waals surface area contributed by atoms with Crippen LogP contribution in [-0.2, 0) is 11.2 Å². The fourth-order valence-electron chi connectivity index (χ4n) is 2.15. The van der Waals surface area contributed by atoms with Gasteiger partial charge >= 0.3 is 0 Å². The number of rotatable bonds is 7. The number of nitrogens with zero attached hydrogens (tertiary/aromatic N) is 2. The number of halogens is 2. The van der Waals surface area contributed by atoms with Gasteiger partial charge in [0.2, 0.25) is 5.91 Å². The topological polar surface area (TPSA) is 71.2 Å². The van der Waals surface area contributed by atoms with Gasteiger partial charge in [0.15, 0.2) is 5.13 Å². The average Bonchev–Trinajstić information content (AvgIpc) is 3.06. The third kappa shape index (κ3) is 6.82. The molecule has 2 rings (SSSR count). The Hall–Kier alpha value is -0.560. The highest BCUT2D eigenvalue weighted by Crippen LogP contribution is 2.24. The molecular formula is C13H24Cl2N4OS. The number of nitrogens with two attached hydrogens (primary N) is 1. The number of carbonyl (C=O) groups excluding carboxylic acids is 1. The van der Waals surface area contributed by atoms with Crippen molar-refractivity contribution in [2.24, 2.45) is 5.73 Å². The van der Waals surface area contributed by atoms with Gasteiger partial charge < -0.3 is 16.0 Å². The van der Waals surface area contributed by atoms with Crippen LogP contribution in [0.1, 0.15) is 31.4 Å². The molecule has 0 saturated carbocycles. The second-order valence-corrected chi connectivity index (χ2v) is 5.64. The van der Waals surface area contributed by atoms with Crippen molar-refractivity contribution < 1.29 is 4.79 Å². The number of thiazole rings is 1. The van der Waals surface area contributed by atoms with Crippen LogP contribution in [0.25, 0.3) is 0 Å². The van der Waals surface area contributed by atoms with Gasteiger partial charge in [-0.05, 0) is 25.8 Å². The van der Waals surface area contributed by atoms with Crippen molar-refractivity contribution in [2.45, 2.75) is 32.1 Å². The van der Waals surface area contributed by atoms with Crippen LogP contribution in [0.15, 0.2) is 5.38 Å². The Morgan fingerprint density at radius 2 is 2.10 bits per heavy atom. The summed E-state index contributed by atoms with van der Waals surface area (Å²) in [7, 11) is 0. The highest BCUT2D eigenvalue weighted by molar-refractivity contribution is 7.13. The number of hydrogen-bond acceptors (Lipinski definition) is 5. The first-order valence-corrected chi connectivity index (χ1v) is 7.83. The van der Waals surface area contributed by atoms with Crippen LogP contribution in [0.5, 0.6) is 0 Å². The van der Waals surface area contributed by atoms with E-state index in [-0.39, 0.29) is 30.7 Å². The Balaban J connectivity index is 0.00000200. The van der Waals surface area contributed by atoms with Gasteiger partial charge in [-0.25, -0.2) is 4.98 Å². The lowest BCUT2D eigenvalue weighted by atomic mass is 10.3. The molecule has 1 aliphatic rings. The summed E-state index contributed by atoms with van der Waals surface area (Å²) in [6.07, 6.45) is 4.62. The zero-order chi connectivity index (χ0) is 13.5. The molecule has 2 heterocycles. The maximum atomic E-state index is 11.4. The lowest BCUT2D eigenvalue weighted by Crippen LogP contribution is -2.26. The summed E-state index contributed by atoms with van der Waals surface area (Å²) in [6, 6.07) is 0. The van der Waals surface area contributed by atoms with Gasteiger partial charge in [-0.2, -0.15) is 0 Å². The number of anilines is 1. The molecule has 1 aromatic heterocycles. The molecule has 1 aromatic rings. The molecular weight excluding hydrogens is 331 g/mol. The molecule has 1 saturated heterocycles. The molecule has 0 unspecified atom stereocenters. The van der Waals surface area contributed by atoms with Crippen LogP contribution in [0, 0.1) is 0 Å². The number of aromatic nitrogens is 1. The third-order valence-corrected chi connectivity index (χ3v) is 4.18. The summed E-state index contributed by atoms with van der Waals surface area (Å²) in [5, 5.41) is 6.13. The van der Waals surface area contributed by atoms with Gasteiger partial charge in [-0.15, -0.1) is 36.2 Å². The van der Waals surface area contributed by atoms with Gasteiger partial charge in [0, 0.05) is 37.9 Å². The molecule has 0 radical (unpaired) electrons. The second-order valence-electron chi connectivity index (χ2n) is 4.81. The highest BCUT2D eigenvalue weighted by atomic mass is 35.5. The van der Waals surface area contributed by atoms with Crippen molar-refractivity contribution in [3.63, 3.8) is 0 Å². The Morgan fingerprint density at radius 3 is 2.76 bits per heavy atom. The molecule has 21 heavy (non-hydrogen) atoms. The zero-order valence-corrected chi connectivity index (χ0v) is 14.5. The summed E-state index contributed by atoms with van der Waals surface area (Å²) >= 11 is 1.71. The molecule has 1 amide bonds. The monoisotopic (exact) mass is 354 g/mol. The van der Waals surface area contributed by atoms with Gasteiger partial charge in [0.25, 0.3) is 0 Å². The molecule has 0 aliphatic carbocycles. The lowest BCUT2D eigenvalue weighted by Gasteiger charge is -2.12. The van der Waals surface area contributed by atoms with Gasteiger partial charge in [-0.3, -0.25) is 4.79 Å². The smallest absolute Gasteiger partial charge is 0.220 e. The van der Waals surface area contributed by atoms with Crippen molar-refractivity contribution in [2.75, 3.05) is 31.1 Å². The van der Waals surface area contributed by atoms with Crippen LogP contribution < -0.4 is 16.0 Å². The minimum absolute atomic E-state index is 0. The predicted octanol–water partition coefficient (Wildman–Crippen LogP) is 1.98. The third-order valence-electron chi connectivity index (χ3n) is 3.23. The molecule has 5 nitrogen and oxygen atoms in total. The standard InChI is InChI=1S/C13H22N4OS.2ClH/c14-6-3-4-12(18)15-7-5-11-10-19-13(16-11)17-8-1-2-9-17;;/h10H,1-9,14H2,(H,15,18);2*1H. The first-order chi connectivity index (χ1) is 9.29. The molecule has 122 valence electrons. The van der Waals surface area contributed by atoms with Crippen LogP contribution >= 0.6 is 36.2 Å². The van der Waals surface area contributed by atoms with E-state index < -0.39 is 0 Å². The Labute approximate surface area is 142 Å². The maximum Gasteiger partial charge on any atom is 0.220 e. The summed E-state index contributed by atoms with van der Waals surface area (Å²) in [5.41, 5.74) is 6.44. The number of amides is 1. The van der Waals surface area contributed by atoms with Crippen molar-refractivity contribution in [3.05, 3.63) is 11.1 Å². The Morgan fingerprint density at radius 1 is 1.38 bits per heavy atom. The normalized spacial score (nSPS) is 13.5. The number of hydrogen-bond donors (Lipinski definition) is 2. The van der Waals surface area contributed by atoms with E-state index in [0.29, 0.717) is 19.5 Å². The predicted molar refractivity (Wildman–Crippen MR) is 93.1 cm³/mol. The van der Waals surface area contributed by atoms with E-state index in [1.165, 1.54) is 12.8 Å². The minimum Gasteiger partial charge on any atom is -0.356 e. The van der Waals surface area contributed by atoms with Crippen LogP contribution in [0.3, 0.4) is 0 Å². The van der Waals surface area contributed by atoms with Gasteiger partial charge in [-0.1, -0.05) is 0 Å².